The van der Waals surface area contributed by atoms with Crippen LogP contribution in [0.1, 0.15) is 16.7 Å². The van der Waals surface area contributed by atoms with Gasteiger partial charge in [0.2, 0.25) is 0 Å². The number of ether oxygens (including phenoxy) is 1. The SMILES string of the molecule is OC1(c2ccc(C#Cc3ccc4[nH]ncc4c3)cc2)COC1. The lowest BCUT2D eigenvalue weighted by Crippen LogP contribution is -2.46. The van der Waals surface area contributed by atoms with Crippen LogP contribution < -0.4 is 0 Å². The number of hydrogen-bond donors (Lipinski definition) is 2. The smallest absolute Gasteiger partial charge is 0.136 e. The Bertz CT molecular complexity index is 881. The lowest BCUT2D eigenvalue weighted by atomic mass is 9.91. The summed E-state index contributed by atoms with van der Waals surface area (Å²) in [7, 11) is 0. The molecule has 2 heterocycles. The van der Waals surface area contributed by atoms with Crippen LogP contribution in [0.25, 0.3) is 10.9 Å². The Morgan fingerprint density at radius 3 is 2.50 bits per heavy atom. The highest BCUT2D eigenvalue weighted by molar-refractivity contribution is 5.79. The number of fused-ring (bicyclic) bond motifs is 1. The topological polar surface area (TPSA) is 58.1 Å². The Kier molecular flexibility index (Phi) is 2.97. The fourth-order valence-corrected chi connectivity index (χ4v) is 2.49. The molecule has 1 aliphatic rings. The monoisotopic (exact) mass is 290 g/mol. The van der Waals surface area contributed by atoms with Gasteiger partial charge in [0.15, 0.2) is 0 Å². The summed E-state index contributed by atoms with van der Waals surface area (Å²) in [6, 6.07) is 13.6. The molecule has 3 aromatic rings. The number of benzene rings is 2. The Morgan fingerprint density at radius 1 is 1.05 bits per heavy atom. The summed E-state index contributed by atoms with van der Waals surface area (Å²) in [5, 5.41) is 18.2. The van der Waals surface area contributed by atoms with Crippen molar-refractivity contribution >= 4 is 10.9 Å². The predicted molar refractivity (Wildman–Crippen MR) is 83.2 cm³/mol. The molecule has 2 N–H and O–H groups in total. The van der Waals surface area contributed by atoms with Gasteiger partial charge in [-0.25, -0.2) is 0 Å². The molecule has 1 aliphatic heterocycles. The number of rotatable bonds is 1. The Morgan fingerprint density at radius 2 is 1.77 bits per heavy atom. The number of H-pyrrole nitrogens is 1. The van der Waals surface area contributed by atoms with Gasteiger partial charge in [-0.1, -0.05) is 24.0 Å². The summed E-state index contributed by atoms with van der Waals surface area (Å²) in [4.78, 5) is 0. The molecule has 0 bridgehead atoms. The molecular weight excluding hydrogens is 276 g/mol. The van der Waals surface area contributed by atoms with Crippen LogP contribution in [0.3, 0.4) is 0 Å². The third-order valence-electron chi connectivity index (χ3n) is 3.90. The maximum absolute atomic E-state index is 10.2. The van der Waals surface area contributed by atoms with Crippen molar-refractivity contribution in [2.24, 2.45) is 0 Å². The van der Waals surface area contributed by atoms with E-state index in [9.17, 15) is 5.11 Å². The molecule has 0 aliphatic carbocycles. The molecule has 0 saturated carbocycles. The minimum atomic E-state index is -0.821. The predicted octanol–water partition coefficient (Wildman–Crippen LogP) is 2.18. The van der Waals surface area contributed by atoms with E-state index in [1.54, 1.807) is 6.20 Å². The maximum atomic E-state index is 10.2. The average Bonchev–Trinajstić information content (AvgIpc) is 2.99. The van der Waals surface area contributed by atoms with Gasteiger partial charge in [-0.05, 0) is 35.9 Å². The molecule has 22 heavy (non-hydrogen) atoms. The zero-order chi connectivity index (χ0) is 15.0. The van der Waals surface area contributed by atoms with Crippen molar-refractivity contribution in [1.29, 1.82) is 0 Å². The molecule has 0 radical (unpaired) electrons. The van der Waals surface area contributed by atoms with Crippen molar-refractivity contribution in [3.8, 4) is 11.8 Å². The summed E-state index contributed by atoms with van der Waals surface area (Å²) in [6.45, 7) is 0.728. The lowest BCUT2D eigenvalue weighted by Gasteiger charge is -2.36. The van der Waals surface area contributed by atoms with Crippen LogP contribution in [0.2, 0.25) is 0 Å². The first-order valence-corrected chi connectivity index (χ1v) is 7.09. The molecule has 0 atom stereocenters. The van der Waals surface area contributed by atoms with E-state index >= 15 is 0 Å². The summed E-state index contributed by atoms with van der Waals surface area (Å²) >= 11 is 0. The molecule has 1 aromatic heterocycles. The molecule has 0 unspecified atom stereocenters. The van der Waals surface area contributed by atoms with Gasteiger partial charge in [-0.2, -0.15) is 5.10 Å². The van der Waals surface area contributed by atoms with Crippen molar-refractivity contribution in [2.75, 3.05) is 13.2 Å². The number of nitrogens with one attached hydrogen (secondary N) is 1. The third kappa shape index (κ3) is 2.27. The van der Waals surface area contributed by atoms with E-state index in [1.165, 1.54) is 0 Å². The zero-order valence-corrected chi connectivity index (χ0v) is 11.8. The van der Waals surface area contributed by atoms with Gasteiger partial charge >= 0.3 is 0 Å². The summed E-state index contributed by atoms with van der Waals surface area (Å²) in [6.07, 6.45) is 1.79. The highest BCUT2D eigenvalue weighted by Crippen LogP contribution is 2.29. The van der Waals surface area contributed by atoms with E-state index in [0.29, 0.717) is 13.2 Å². The zero-order valence-electron chi connectivity index (χ0n) is 11.8. The van der Waals surface area contributed by atoms with Crippen molar-refractivity contribution < 1.29 is 9.84 Å². The molecule has 4 rings (SSSR count). The van der Waals surface area contributed by atoms with Gasteiger partial charge in [-0.3, -0.25) is 5.10 Å². The van der Waals surface area contributed by atoms with Gasteiger partial charge in [0, 0.05) is 16.5 Å². The molecule has 4 heteroatoms. The minimum absolute atomic E-state index is 0.364. The molecule has 1 fully saturated rings. The van der Waals surface area contributed by atoms with Gasteiger partial charge in [0.05, 0.1) is 24.9 Å². The highest BCUT2D eigenvalue weighted by Gasteiger charge is 2.37. The molecule has 1 saturated heterocycles. The molecule has 4 nitrogen and oxygen atoms in total. The number of aromatic amines is 1. The quantitative estimate of drug-likeness (QED) is 0.675. The van der Waals surface area contributed by atoms with Crippen LogP contribution in [0.15, 0.2) is 48.7 Å². The Labute approximate surface area is 127 Å². The standard InChI is InChI=1S/C18H14N2O2/c21-18(11-22-12-18)16-6-3-13(4-7-16)1-2-14-5-8-17-15(9-14)10-19-20-17/h3-10,21H,11-12H2,(H,19,20). The van der Waals surface area contributed by atoms with Crippen molar-refractivity contribution in [3.63, 3.8) is 0 Å². The Hall–Kier alpha value is -2.61. The van der Waals surface area contributed by atoms with E-state index in [1.807, 2.05) is 42.5 Å². The number of aliphatic hydroxyl groups is 1. The van der Waals surface area contributed by atoms with E-state index < -0.39 is 5.60 Å². The summed E-state index contributed by atoms with van der Waals surface area (Å²) in [5.41, 5.74) is 2.93. The second-order valence-electron chi connectivity index (χ2n) is 5.52. The minimum Gasteiger partial charge on any atom is -0.380 e. The molecule has 108 valence electrons. The summed E-state index contributed by atoms with van der Waals surface area (Å²) in [5.74, 6) is 6.29. The van der Waals surface area contributed by atoms with E-state index in [4.69, 9.17) is 4.74 Å². The molecule has 0 amide bonds. The van der Waals surface area contributed by atoms with Crippen molar-refractivity contribution in [2.45, 2.75) is 5.60 Å². The first kappa shape index (κ1) is 13.1. The van der Waals surface area contributed by atoms with Gasteiger partial charge in [0.25, 0.3) is 0 Å². The molecule has 2 aromatic carbocycles. The molecule has 0 spiro atoms. The number of nitrogens with zero attached hydrogens (tertiary/aromatic N) is 1. The van der Waals surface area contributed by atoms with Crippen LogP contribution in [-0.4, -0.2) is 28.5 Å². The normalized spacial score (nSPS) is 15.9. The van der Waals surface area contributed by atoms with Gasteiger partial charge < -0.3 is 9.84 Å². The maximum Gasteiger partial charge on any atom is 0.136 e. The van der Waals surface area contributed by atoms with Crippen molar-refractivity contribution in [1.82, 2.24) is 10.2 Å². The largest absolute Gasteiger partial charge is 0.380 e. The first-order chi connectivity index (χ1) is 10.7. The van der Waals surface area contributed by atoms with E-state index in [-0.39, 0.29) is 0 Å². The van der Waals surface area contributed by atoms with Crippen LogP contribution >= 0.6 is 0 Å². The fraction of sp³-hybridized carbons (Fsp3) is 0.167. The number of hydrogen-bond acceptors (Lipinski definition) is 3. The third-order valence-corrected chi connectivity index (χ3v) is 3.90. The highest BCUT2D eigenvalue weighted by atomic mass is 16.5. The second kappa shape index (κ2) is 4.99. The lowest BCUT2D eigenvalue weighted by molar-refractivity contribution is -0.184. The van der Waals surface area contributed by atoms with Crippen LogP contribution in [0.5, 0.6) is 0 Å². The van der Waals surface area contributed by atoms with Gasteiger partial charge in [-0.15, -0.1) is 0 Å². The summed E-state index contributed by atoms with van der Waals surface area (Å²) < 4.78 is 5.07. The Balaban J connectivity index is 1.58. The average molecular weight is 290 g/mol. The van der Waals surface area contributed by atoms with Crippen LogP contribution in [0.4, 0.5) is 0 Å². The second-order valence-corrected chi connectivity index (χ2v) is 5.52. The first-order valence-electron chi connectivity index (χ1n) is 7.09. The fourth-order valence-electron chi connectivity index (χ4n) is 2.49. The van der Waals surface area contributed by atoms with E-state index in [2.05, 4.69) is 22.0 Å². The molecular formula is C18H14N2O2. The van der Waals surface area contributed by atoms with E-state index in [0.717, 1.165) is 27.6 Å². The van der Waals surface area contributed by atoms with Crippen LogP contribution in [0, 0.1) is 11.8 Å². The number of aromatic nitrogens is 2. The van der Waals surface area contributed by atoms with Crippen molar-refractivity contribution in [3.05, 3.63) is 65.4 Å². The van der Waals surface area contributed by atoms with Crippen LogP contribution in [-0.2, 0) is 10.3 Å². The van der Waals surface area contributed by atoms with Gasteiger partial charge in [0.1, 0.15) is 5.60 Å².